The quantitative estimate of drug-likeness (QED) is 0.852. The molecule has 0 aromatic heterocycles. The number of piperazine rings is 1. The van der Waals surface area contributed by atoms with Gasteiger partial charge in [0.1, 0.15) is 4.99 Å². The number of nitrogens with zero attached hydrogens (tertiary/aromatic N) is 2. The molecule has 0 bridgehead atoms. The van der Waals surface area contributed by atoms with E-state index in [2.05, 4.69) is 41.8 Å². The van der Waals surface area contributed by atoms with Gasteiger partial charge >= 0.3 is 0 Å². The maximum Gasteiger partial charge on any atom is 0.104 e. The molecule has 0 saturated carbocycles. The molecule has 2 aliphatic rings. The van der Waals surface area contributed by atoms with Crippen molar-refractivity contribution in [1.82, 2.24) is 4.90 Å². The maximum atomic E-state index is 5.77. The SMILES string of the molecule is Cc1cc(N2CC3CCCCN3CC2C)ccc1C(N)=S. The predicted molar refractivity (Wildman–Crippen MR) is 93.1 cm³/mol. The smallest absolute Gasteiger partial charge is 0.104 e. The molecule has 0 aliphatic carbocycles. The van der Waals surface area contributed by atoms with E-state index in [1.807, 2.05) is 0 Å². The number of thiocarbonyl (C=S) groups is 1. The first-order valence-corrected chi connectivity index (χ1v) is 8.38. The Kier molecular flexibility index (Phi) is 4.18. The maximum absolute atomic E-state index is 5.77. The van der Waals surface area contributed by atoms with Gasteiger partial charge in [-0.25, -0.2) is 0 Å². The van der Waals surface area contributed by atoms with E-state index in [9.17, 15) is 0 Å². The summed E-state index contributed by atoms with van der Waals surface area (Å²) in [7, 11) is 0. The fourth-order valence-corrected chi connectivity index (χ4v) is 4.04. The van der Waals surface area contributed by atoms with Crippen LogP contribution in [-0.2, 0) is 0 Å². The molecule has 1 aromatic carbocycles. The van der Waals surface area contributed by atoms with Crippen molar-refractivity contribution in [3.8, 4) is 0 Å². The zero-order valence-corrected chi connectivity index (χ0v) is 13.8. The predicted octanol–water partition coefficient (Wildman–Crippen LogP) is 2.69. The fraction of sp³-hybridized carbons (Fsp3) is 0.588. The van der Waals surface area contributed by atoms with E-state index in [-0.39, 0.29) is 0 Å². The van der Waals surface area contributed by atoms with Crippen molar-refractivity contribution < 1.29 is 0 Å². The van der Waals surface area contributed by atoms with Crippen LogP contribution >= 0.6 is 12.2 Å². The van der Waals surface area contributed by atoms with Crippen LogP contribution in [0.5, 0.6) is 0 Å². The lowest BCUT2D eigenvalue weighted by molar-refractivity contribution is 0.115. The van der Waals surface area contributed by atoms with E-state index in [1.165, 1.54) is 43.6 Å². The molecule has 114 valence electrons. The molecule has 2 heterocycles. The Hall–Kier alpha value is -1.13. The molecule has 3 rings (SSSR count). The van der Waals surface area contributed by atoms with Crippen molar-refractivity contribution in [1.29, 1.82) is 0 Å². The van der Waals surface area contributed by atoms with Crippen LogP contribution in [0.2, 0.25) is 0 Å². The highest BCUT2D eigenvalue weighted by molar-refractivity contribution is 7.80. The first-order chi connectivity index (χ1) is 10.1. The monoisotopic (exact) mass is 303 g/mol. The van der Waals surface area contributed by atoms with E-state index in [0.29, 0.717) is 11.0 Å². The van der Waals surface area contributed by atoms with Gasteiger partial charge in [-0.15, -0.1) is 0 Å². The number of hydrogen-bond donors (Lipinski definition) is 1. The van der Waals surface area contributed by atoms with Gasteiger partial charge in [-0.1, -0.05) is 18.6 Å². The summed E-state index contributed by atoms with van der Waals surface area (Å²) in [5, 5.41) is 0. The summed E-state index contributed by atoms with van der Waals surface area (Å²) in [6, 6.07) is 7.78. The molecule has 21 heavy (non-hydrogen) atoms. The molecule has 0 amide bonds. The molecular formula is C17H25N3S. The molecule has 3 nitrogen and oxygen atoms in total. The van der Waals surface area contributed by atoms with Gasteiger partial charge < -0.3 is 10.6 Å². The van der Waals surface area contributed by atoms with Crippen molar-refractivity contribution in [3.05, 3.63) is 29.3 Å². The van der Waals surface area contributed by atoms with Crippen molar-refractivity contribution in [2.24, 2.45) is 5.73 Å². The van der Waals surface area contributed by atoms with Gasteiger partial charge in [-0.2, -0.15) is 0 Å². The number of piperidine rings is 1. The highest BCUT2D eigenvalue weighted by Gasteiger charge is 2.33. The van der Waals surface area contributed by atoms with E-state index in [1.54, 1.807) is 0 Å². The van der Waals surface area contributed by atoms with Gasteiger partial charge in [0.15, 0.2) is 0 Å². The van der Waals surface area contributed by atoms with Gasteiger partial charge in [-0.3, -0.25) is 4.90 Å². The van der Waals surface area contributed by atoms with Gasteiger partial charge in [0, 0.05) is 36.4 Å². The van der Waals surface area contributed by atoms with Crippen LogP contribution in [0.15, 0.2) is 18.2 Å². The number of nitrogens with two attached hydrogens (primary N) is 1. The average Bonchev–Trinajstić information content (AvgIpc) is 2.46. The Morgan fingerprint density at radius 3 is 2.81 bits per heavy atom. The minimum atomic E-state index is 0.490. The number of benzene rings is 1. The molecule has 2 fully saturated rings. The molecule has 0 radical (unpaired) electrons. The highest BCUT2D eigenvalue weighted by atomic mass is 32.1. The van der Waals surface area contributed by atoms with E-state index < -0.39 is 0 Å². The van der Waals surface area contributed by atoms with Crippen LogP contribution in [0.4, 0.5) is 5.69 Å². The summed E-state index contributed by atoms with van der Waals surface area (Å²) in [6.45, 7) is 8.04. The van der Waals surface area contributed by atoms with Crippen LogP contribution in [0.3, 0.4) is 0 Å². The molecule has 2 atom stereocenters. The van der Waals surface area contributed by atoms with E-state index >= 15 is 0 Å². The summed E-state index contributed by atoms with van der Waals surface area (Å²) in [5.74, 6) is 0. The number of fused-ring (bicyclic) bond motifs is 1. The van der Waals surface area contributed by atoms with Crippen molar-refractivity contribution in [2.45, 2.75) is 45.2 Å². The van der Waals surface area contributed by atoms with Gasteiger partial charge in [-0.05, 0) is 57.0 Å². The van der Waals surface area contributed by atoms with Gasteiger partial charge in [0.25, 0.3) is 0 Å². The third-order valence-electron chi connectivity index (χ3n) is 4.99. The molecule has 1 aromatic rings. The van der Waals surface area contributed by atoms with E-state index in [4.69, 9.17) is 18.0 Å². The summed E-state index contributed by atoms with van der Waals surface area (Å²) < 4.78 is 0. The highest BCUT2D eigenvalue weighted by Crippen LogP contribution is 2.29. The minimum Gasteiger partial charge on any atom is -0.389 e. The number of aryl methyl sites for hydroxylation is 1. The first-order valence-electron chi connectivity index (χ1n) is 7.97. The molecule has 2 saturated heterocycles. The Morgan fingerprint density at radius 2 is 2.10 bits per heavy atom. The van der Waals surface area contributed by atoms with Crippen LogP contribution in [-0.4, -0.2) is 41.6 Å². The molecule has 4 heteroatoms. The third-order valence-corrected chi connectivity index (χ3v) is 5.21. The van der Waals surface area contributed by atoms with Crippen LogP contribution < -0.4 is 10.6 Å². The van der Waals surface area contributed by atoms with Crippen molar-refractivity contribution in [2.75, 3.05) is 24.5 Å². The average molecular weight is 303 g/mol. The molecule has 2 aliphatic heterocycles. The Balaban J connectivity index is 1.82. The first kappa shape index (κ1) is 14.8. The Morgan fingerprint density at radius 1 is 1.29 bits per heavy atom. The van der Waals surface area contributed by atoms with E-state index in [0.717, 1.165) is 18.2 Å². The van der Waals surface area contributed by atoms with Gasteiger partial charge in [0.05, 0.1) is 0 Å². The van der Waals surface area contributed by atoms with Crippen LogP contribution in [0.25, 0.3) is 0 Å². The Labute approximate surface area is 133 Å². The number of rotatable bonds is 2. The zero-order chi connectivity index (χ0) is 15.0. The summed E-state index contributed by atoms with van der Waals surface area (Å²) in [5.41, 5.74) is 9.26. The summed E-state index contributed by atoms with van der Waals surface area (Å²) in [6.07, 6.45) is 4.08. The second kappa shape index (κ2) is 5.93. The number of anilines is 1. The van der Waals surface area contributed by atoms with Crippen LogP contribution in [0.1, 0.15) is 37.3 Å². The normalized spacial score (nSPS) is 26.5. The summed E-state index contributed by atoms with van der Waals surface area (Å²) in [4.78, 5) is 5.73. The molecular weight excluding hydrogens is 278 g/mol. The second-order valence-corrected chi connectivity index (χ2v) is 6.95. The fourth-order valence-electron chi connectivity index (χ4n) is 3.81. The lowest BCUT2D eigenvalue weighted by atomic mass is 9.96. The second-order valence-electron chi connectivity index (χ2n) is 6.51. The lowest BCUT2D eigenvalue weighted by Crippen LogP contribution is -2.58. The molecule has 0 spiro atoms. The summed E-state index contributed by atoms with van der Waals surface area (Å²) >= 11 is 5.11. The third kappa shape index (κ3) is 2.92. The minimum absolute atomic E-state index is 0.490. The molecule has 2 N–H and O–H groups in total. The standard InChI is InChI=1S/C17H25N3S/c1-12-9-14(6-7-16(12)17(18)21)20-11-15-5-3-4-8-19(15)10-13(20)2/h6-7,9,13,15H,3-5,8,10-11H2,1-2H3,(H2,18,21). The van der Waals surface area contributed by atoms with Gasteiger partial charge in [0.2, 0.25) is 0 Å². The Bertz CT molecular complexity index is 543. The largest absolute Gasteiger partial charge is 0.389 e. The topological polar surface area (TPSA) is 32.5 Å². The van der Waals surface area contributed by atoms with Crippen molar-refractivity contribution >= 4 is 22.9 Å². The van der Waals surface area contributed by atoms with Crippen molar-refractivity contribution in [3.63, 3.8) is 0 Å². The zero-order valence-electron chi connectivity index (χ0n) is 13.0. The van der Waals surface area contributed by atoms with Crippen LogP contribution in [0, 0.1) is 6.92 Å². The lowest BCUT2D eigenvalue weighted by Gasteiger charge is -2.48. The molecule has 2 unspecified atom stereocenters. The number of hydrogen-bond acceptors (Lipinski definition) is 3.